The van der Waals surface area contributed by atoms with Gasteiger partial charge in [-0.3, -0.25) is 4.98 Å². The predicted molar refractivity (Wildman–Crippen MR) is 52.2 cm³/mol. The zero-order valence-electron chi connectivity index (χ0n) is 5.96. The van der Waals surface area contributed by atoms with Crippen LogP contribution in [-0.4, -0.2) is 9.97 Å². The van der Waals surface area contributed by atoms with Crippen LogP contribution in [0.2, 0.25) is 0 Å². The van der Waals surface area contributed by atoms with Gasteiger partial charge in [0.2, 0.25) is 0 Å². The molecule has 0 bridgehead atoms. The molecule has 0 fully saturated rings. The molecule has 2 nitrogen and oxygen atoms in total. The van der Waals surface area contributed by atoms with Gasteiger partial charge in [0, 0.05) is 12.4 Å². The van der Waals surface area contributed by atoms with Gasteiger partial charge in [0.1, 0.15) is 5.52 Å². The zero-order chi connectivity index (χ0) is 8.55. The summed E-state index contributed by atoms with van der Waals surface area (Å²) < 4.78 is 13.9. The van der Waals surface area contributed by atoms with Crippen molar-refractivity contribution in [2.75, 3.05) is 0 Å². The fraction of sp³-hybridized carbons (Fsp3) is 0. The highest BCUT2D eigenvalue weighted by Crippen LogP contribution is 2.17. The van der Waals surface area contributed by atoms with Gasteiger partial charge >= 0.3 is 0 Å². The van der Waals surface area contributed by atoms with Crippen molar-refractivity contribution >= 4 is 33.6 Å². The highest BCUT2D eigenvalue weighted by molar-refractivity contribution is 14.1. The van der Waals surface area contributed by atoms with E-state index in [1.165, 1.54) is 6.20 Å². The van der Waals surface area contributed by atoms with Crippen molar-refractivity contribution in [3.63, 3.8) is 0 Å². The summed E-state index contributed by atoms with van der Waals surface area (Å²) in [5.41, 5.74) is 0.930. The summed E-state index contributed by atoms with van der Waals surface area (Å²) in [4.78, 5) is 7.88. The molecule has 0 amide bonds. The summed E-state index contributed by atoms with van der Waals surface area (Å²) in [6, 6.07) is 3.44. The van der Waals surface area contributed by atoms with Gasteiger partial charge in [-0.25, -0.2) is 9.37 Å². The Bertz CT molecular complexity index is 430. The second kappa shape index (κ2) is 2.93. The molecule has 0 N–H and O–H groups in total. The maximum Gasteiger partial charge on any atom is 0.164 e. The molecule has 0 unspecified atom stereocenters. The molecule has 0 saturated heterocycles. The van der Waals surface area contributed by atoms with Crippen molar-refractivity contribution in [3.05, 3.63) is 33.9 Å². The van der Waals surface area contributed by atoms with Crippen LogP contribution in [0.4, 0.5) is 4.39 Å². The molecule has 1 aromatic heterocycles. The molecule has 4 heteroatoms. The topological polar surface area (TPSA) is 25.8 Å². The molecule has 0 aliphatic carbocycles. The molecular weight excluding hydrogens is 270 g/mol. The molecule has 12 heavy (non-hydrogen) atoms. The maximum absolute atomic E-state index is 13.3. The first-order chi connectivity index (χ1) is 5.79. The van der Waals surface area contributed by atoms with Gasteiger partial charge < -0.3 is 0 Å². The Kier molecular flexibility index (Phi) is 1.92. The number of halogens is 2. The lowest BCUT2D eigenvalue weighted by Gasteiger charge is -1.97. The first kappa shape index (κ1) is 7.85. The fourth-order valence-corrected chi connectivity index (χ4v) is 1.41. The van der Waals surface area contributed by atoms with E-state index in [9.17, 15) is 4.39 Å². The fourth-order valence-electron chi connectivity index (χ4n) is 0.978. The van der Waals surface area contributed by atoms with Crippen LogP contribution in [0.25, 0.3) is 11.0 Å². The van der Waals surface area contributed by atoms with Crippen LogP contribution < -0.4 is 0 Å². The average Bonchev–Trinajstić information content (AvgIpc) is 2.12. The SMILES string of the molecule is Fc1c(I)ccc2nccnc12. The van der Waals surface area contributed by atoms with Crippen molar-refractivity contribution in [3.8, 4) is 0 Å². The quantitative estimate of drug-likeness (QED) is 0.689. The minimum absolute atomic E-state index is 0.291. The van der Waals surface area contributed by atoms with Gasteiger partial charge in [-0.15, -0.1) is 0 Å². The molecule has 0 radical (unpaired) electrons. The van der Waals surface area contributed by atoms with E-state index >= 15 is 0 Å². The summed E-state index contributed by atoms with van der Waals surface area (Å²) in [6.45, 7) is 0. The van der Waals surface area contributed by atoms with Crippen LogP contribution in [0, 0.1) is 9.39 Å². The van der Waals surface area contributed by atoms with Crippen molar-refractivity contribution in [1.82, 2.24) is 9.97 Å². The van der Waals surface area contributed by atoms with E-state index in [-0.39, 0.29) is 5.82 Å². The highest BCUT2D eigenvalue weighted by Gasteiger charge is 2.05. The van der Waals surface area contributed by atoms with Gasteiger partial charge in [0.05, 0.1) is 9.09 Å². The maximum atomic E-state index is 13.3. The molecular formula is C8H4FIN2. The van der Waals surface area contributed by atoms with E-state index in [1.807, 2.05) is 22.6 Å². The standard InChI is InChI=1S/C8H4FIN2/c9-7-5(10)1-2-6-8(7)12-4-3-11-6/h1-4H. The van der Waals surface area contributed by atoms with E-state index in [2.05, 4.69) is 9.97 Å². The second-order valence-corrected chi connectivity index (χ2v) is 3.45. The molecule has 0 spiro atoms. The normalized spacial score (nSPS) is 10.5. The Morgan fingerprint density at radius 2 is 1.92 bits per heavy atom. The van der Waals surface area contributed by atoms with Gasteiger partial charge in [-0.1, -0.05) is 0 Å². The molecule has 0 atom stereocenters. The summed E-state index contributed by atoms with van der Waals surface area (Å²) in [7, 11) is 0. The minimum atomic E-state index is -0.291. The van der Waals surface area contributed by atoms with E-state index in [0.29, 0.717) is 14.6 Å². The monoisotopic (exact) mass is 274 g/mol. The molecule has 0 aliphatic rings. The first-order valence-electron chi connectivity index (χ1n) is 3.34. The van der Waals surface area contributed by atoms with Gasteiger partial charge in [0.15, 0.2) is 5.82 Å². The average molecular weight is 274 g/mol. The number of fused-ring (bicyclic) bond motifs is 1. The Labute approximate surface area is 82.0 Å². The number of hydrogen-bond donors (Lipinski definition) is 0. The van der Waals surface area contributed by atoms with Crippen LogP contribution >= 0.6 is 22.6 Å². The molecule has 0 aliphatic heterocycles. The minimum Gasteiger partial charge on any atom is -0.253 e. The Morgan fingerprint density at radius 3 is 2.75 bits per heavy atom. The third kappa shape index (κ3) is 1.16. The smallest absolute Gasteiger partial charge is 0.164 e. The summed E-state index contributed by atoms with van der Waals surface area (Å²) >= 11 is 1.93. The van der Waals surface area contributed by atoms with Crippen molar-refractivity contribution in [2.24, 2.45) is 0 Å². The lowest BCUT2D eigenvalue weighted by molar-refractivity contribution is 0.629. The molecule has 0 saturated carbocycles. The van der Waals surface area contributed by atoms with E-state index in [0.717, 1.165) is 0 Å². The first-order valence-corrected chi connectivity index (χ1v) is 4.41. The number of nitrogens with zero attached hydrogens (tertiary/aromatic N) is 2. The second-order valence-electron chi connectivity index (χ2n) is 2.29. The van der Waals surface area contributed by atoms with Crippen LogP contribution in [-0.2, 0) is 0 Å². The predicted octanol–water partition coefficient (Wildman–Crippen LogP) is 2.37. The third-order valence-corrected chi connectivity index (χ3v) is 2.36. The molecule has 1 aromatic carbocycles. The summed E-state index contributed by atoms with van der Waals surface area (Å²) in [5, 5.41) is 0. The number of benzene rings is 1. The summed E-state index contributed by atoms with van der Waals surface area (Å²) in [6.07, 6.45) is 3.04. The number of hydrogen-bond acceptors (Lipinski definition) is 2. The van der Waals surface area contributed by atoms with Gasteiger partial charge in [-0.2, -0.15) is 0 Å². The number of aromatic nitrogens is 2. The summed E-state index contributed by atoms with van der Waals surface area (Å²) in [5.74, 6) is -0.291. The van der Waals surface area contributed by atoms with E-state index in [4.69, 9.17) is 0 Å². The highest BCUT2D eigenvalue weighted by atomic mass is 127. The van der Waals surface area contributed by atoms with Crippen LogP contribution in [0.3, 0.4) is 0 Å². The lowest BCUT2D eigenvalue weighted by Crippen LogP contribution is -1.89. The largest absolute Gasteiger partial charge is 0.253 e. The van der Waals surface area contributed by atoms with Crippen LogP contribution in [0.5, 0.6) is 0 Å². The van der Waals surface area contributed by atoms with E-state index < -0.39 is 0 Å². The molecule has 60 valence electrons. The number of rotatable bonds is 0. The van der Waals surface area contributed by atoms with Crippen molar-refractivity contribution in [1.29, 1.82) is 0 Å². The van der Waals surface area contributed by atoms with Crippen LogP contribution in [0.1, 0.15) is 0 Å². The van der Waals surface area contributed by atoms with E-state index in [1.54, 1.807) is 18.3 Å². The van der Waals surface area contributed by atoms with Crippen molar-refractivity contribution < 1.29 is 4.39 Å². The molecule has 1 heterocycles. The van der Waals surface area contributed by atoms with Gasteiger partial charge in [0.25, 0.3) is 0 Å². The third-order valence-electron chi connectivity index (χ3n) is 1.53. The Hall–Kier alpha value is -0.780. The molecule has 2 aromatic rings. The Morgan fingerprint density at radius 1 is 1.17 bits per heavy atom. The lowest BCUT2D eigenvalue weighted by atomic mass is 10.3. The van der Waals surface area contributed by atoms with Gasteiger partial charge in [-0.05, 0) is 34.7 Å². The van der Waals surface area contributed by atoms with Crippen LogP contribution in [0.15, 0.2) is 24.5 Å². The zero-order valence-corrected chi connectivity index (χ0v) is 8.12. The Balaban J connectivity index is 2.91. The molecule has 2 rings (SSSR count). The van der Waals surface area contributed by atoms with Crippen molar-refractivity contribution in [2.45, 2.75) is 0 Å².